The van der Waals surface area contributed by atoms with Gasteiger partial charge in [-0.2, -0.15) is 0 Å². The third-order valence-electron chi connectivity index (χ3n) is 2.24. The van der Waals surface area contributed by atoms with Crippen LogP contribution in [0.5, 0.6) is 0 Å². The van der Waals surface area contributed by atoms with Gasteiger partial charge in [-0.1, -0.05) is 6.92 Å². The highest BCUT2D eigenvalue weighted by molar-refractivity contribution is 4.73. The largest absolute Gasteiger partial charge is 0.379 e. The van der Waals surface area contributed by atoms with Crippen molar-refractivity contribution in [2.24, 2.45) is 5.92 Å². The van der Waals surface area contributed by atoms with Crippen LogP contribution in [0.4, 0.5) is 0 Å². The van der Waals surface area contributed by atoms with E-state index in [2.05, 4.69) is 17.6 Å². The van der Waals surface area contributed by atoms with Gasteiger partial charge in [0.25, 0.3) is 0 Å². The van der Waals surface area contributed by atoms with Crippen LogP contribution in [-0.4, -0.2) is 39.4 Å². The van der Waals surface area contributed by atoms with E-state index in [9.17, 15) is 0 Å². The highest BCUT2D eigenvalue weighted by Gasteiger charge is 2.15. The minimum absolute atomic E-state index is 0.571. The predicted octanol–water partition coefficient (Wildman–Crippen LogP) is 0.220. The highest BCUT2D eigenvalue weighted by Crippen LogP contribution is 2.07. The lowest BCUT2D eigenvalue weighted by molar-refractivity contribution is 0.0694. The van der Waals surface area contributed by atoms with Crippen molar-refractivity contribution < 1.29 is 4.74 Å². The fraction of sp³-hybridized carbons (Fsp3) is 1.00. The second-order valence-corrected chi connectivity index (χ2v) is 3.62. The van der Waals surface area contributed by atoms with Crippen molar-refractivity contribution in [3.05, 3.63) is 0 Å². The summed E-state index contributed by atoms with van der Waals surface area (Å²) in [7, 11) is 2.00. The van der Waals surface area contributed by atoms with Gasteiger partial charge in [-0.15, -0.1) is 0 Å². The molecule has 0 saturated carbocycles. The molecule has 0 aromatic heterocycles. The molecule has 1 heterocycles. The van der Waals surface area contributed by atoms with Crippen molar-refractivity contribution >= 4 is 0 Å². The standard InChI is InChI=1S/C9H20N2O/c1-8(6-10-2)5-9-7-12-4-3-11-9/h8-11H,3-7H2,1-2H3. The van der Waals surface area contributed by atoms with Crippen molar-refractivity contribution in [2.75, 3.05) is 33.4 Å². The second kappa shape index (κ2) is 5.51. The minimum Gasteiger partial charge on any atom is -0.379 e. The molecule has 3 heteroatoms. The van der Waals surface area contributed by atoms with E-state index in [1.165, 1.54) is 6.42 Å². The van der Waals surface area contributed by atoms with Gasteiger partial charge in [0, 0.05) is 12.6 Å². The van der Waals surface area contributed by atoms with Crippen molar-refractivity contribution in [1.82, 2.24) is 10.6 Å². The third-order valence-corrected chi connectivity index (χ3v) is 2.24. The molecule has 2 N–H and O–H groups in total. The van der Waals surface area contributed by atoms with Gasteiger partial charge >= 0.3 is 0 Å². The number of morpholine rings is 1. The molecular weight excluding hydrogens is 152 g/mol. The van der Waals surface area contributed by atoms with E-state index in [4.69, 9.17) is 4.74 Å². The van der Waals surface area contributed by atoms with Gasteiger partial charge in [0.1, 0.15) is 0 Å². The maximum Gasteiger partial charge on any atom is 0.0620 e. The molecule has 0 aliphatic carbocycles. The number of hydrogen-bond acceptors (Lipinski definition) is 3. The van der Waals surface area contributed by atoms with E-state index in [-0.39, 0.29) is 0 Å². The molecule has 1 rings (SSSR count). The monoisotopic (exact) mass is 172 g/mol. The van der Waals surface area contributed by atoms with Crippen molar-refractivity contribution in [3.8, 4) is 0 Å². The summed E-state index contributed by atoms with van der Waals surface area (Å²) in [5.74, 6) is 0.731. The SMILES string of the molecule is CNCC(C)CC1COCCN1. The number of nitrogens with one attached hydrogen (secondary N) is 2. The molecular formula is C9H20N2O. The first-order valence-corrected chi connectivity index (χ1v) is 4.78. The van der Waals surface area contributed by atoms with Gasteiger partial charge in [0.15, 0.2) is 0 Å². The molecule has 2 atom stereocenters. The number of ether oxygens (including phenoxy) is 1. The summed E-state index contributed by atoms with van der Waals surface area (Å²) in [4.78, 5) is 0. The summed E-state index contributed by atoms with van der Waals surface area (Å²) in [5, 5.41) is 6.64. The van der Waals surface area contributed by atoms with Crippen LogP contribution in [0.3, 0.4) is 0 Å². The first-order chi connectivity index (χ1) is 5.83. The normalized spacial score (nSPS) is 27.0. The van der Waals surface area contributed by atoms with Crippen LogP contribution < -0.4 is 10.6 Å². The molecule has 72 valence electrons. The fourth-order valence-electron chi connectivity index (χ4n) is 1.69. The van der Waals surface area contributed by atoms with Crippen LogP contribution in [-0.2, 0) is 4.74 Å². The molecule has 0 aromatic carbocycles. The smallest absolute Gasteiger partial charge is 0.0620 e. The first-order valence-electron chi connectivity index (χ1n) is 4.78. The van der Waals surface area contributed by atoms with E-state index in [1.807, 2.05) is 7.05 Å². The molecule has 0 amide bonds. The zero-order valence-electron chi connectivity index (χ0n) is 8.10. The Morgan fingerprint density at radius 1 is 1.67 bits per heavy atom. The topological polar surface area (TPSA) is 33.3 Å². The zero-order valence-corrected chi connectivity index (χ0v) is 8.10. The van der Waals surface area contributed by atoms with Gasteiger partial charge in [0.2, 0.25) is 0 Å². The summed E-state index contributed by atoms with van der Waals surface area (Å²) in [6, 6.07) is 0.571. The Kier molecular flexibility index (Phi) is 4.58. The van der Waals surface area contributed by atoms with E-state index in [1.54, 1.807) is 0 Å². The number of hydrogen-bond donors (Lipinski definition) is 2. The summed E-state index contributed by atoms with van der Waals surface area (Å²) in [5.41, 5.74) is 0. The molecule has 1 saturated heterocycles. The maximum atomic E-state index is 5.38. The van der Waals surface area contributed by atoms with E-state index in [0.717, 1.165) is 32.2 Å². The summed E-state index contributed by atoms with van der Waals surface area (Å²) in [6.07, 6.45) is 1.21. The van der Waals surface area contributed by atoms with E-state index in [0.29, 0.717) is 6.04 Å². The Labute approximate surface area is 74.9 Å². The molecule has 0 radical (unpaired) electrons. The van der Waals surface area contributed by atoms with Crippen LogP contribution >= 0.6 is 0 Å². The summed E-state index contributed by atoms with van der Waals surface area (Å²) >= 11 is 0. The van der Waals surface area contributed by atoms with Gasteiger partial charge in [-0.05, 0) is 25.9 Å². The quantitative estimate of drug-likeness (QED) is 0.636. The van der Waals surface area contributed by atoms with Crippen LogP contribution in [0.25, 0.3) is 0 Å². The molecule has 0 aromatic rings. The lowest BCUT2D eigenvalue weighted by Gasteiger charge is -2.26. The summed E-state index contributed by atoms with van der Waals surface area (Å²) < 4.78 is 5.38. The average Bonchev–Trinajstić information content (AvgIpc) is 2.06. The predicted molar refractivity (Wildman–Crippen MR) is 50.3 cm³/mol. The highest BCUT2D eigenvalue weighted by atomic mass is 16.5. The third kappa shape index (κ3) is 3.52. The minimum atomic E-state index is 0.571. The van der Waals surface area contributed by atoms with Crippen molar-refractivity contribution in [1.29, 1.82) is 0 Å². The average molecular weight is 172 g/mol. The Morgan fingerprint density at radius 3 is 3.08 bits per heavy atom. The van der Waals surface area contributed by atoms with Crippen LogP contribution in [0.1, 0.15) is 13.3 Å². The molecule has 1 fully saturated rings. The Bertz CT molecular complexity index is 113. The Hall–Kier alpha value is -0.120. The molecule has 1 aliphatic rings. The first kappa shape index (κ1) is 9.96. The Morgan fingerprint density at radius 2 is 2.50 bits per heavy atom. The lowest BCUT2D eigenvalue weighted by atomic mass is 10.0. The van der Waals surface area contributed by atoms with E-state index < -0.39 is 0 Å². The van der Waals surface area contributed by atoms with Crippen molar-refractivity contribution in [2.45, 2.75) is 19.4 Å². The number of rotatable bonds is 4. The Balaban J connectivity index is 2.11. The van der Waals surface area contributed by atoms with Crippen LogP contribution in [0.15, 0.2) is 0 Å². The van der Waals surface area contributed by atoms with Crippen molar-refractivity contribution in [3.63, 3.8) is 0 Å². The van der Waals surface area contributed by atoms with Crippen LogP contribution in [0, 0.1) is 5.92 Å². The van der Waals surface area contributed by atoms with Crippen LogP contribution in [0.2, 0.25) is 0 Å². The lowest BCUT2D eigenvalue weighted by Crippen LogP contribution is -2.42. The maximum absolute atomic E-state index is 5.38. The second-order valence-electron chi connectivity index (χ2n) is 3.62. The van der Waals surface area contributed by atoms with Gasteiger partial charge in [-0.3, -0.25) is 0 Å². The molecule has 3 nitrogen and oxygen atoms in total. The molecule has 0 bridgehead atoms. The van der Waals surface area contributed by atoms with Gasteiger partial charge in [0.05, 0.1) is 13.2 Å². The molecule has 2 unspecified atom stereocenters. The van der Waals surface area contributed by atoms with Gasteiger partial charge in [-0.25, -0.2) is 0 Å². The molecule has 1 aliphatic heterocycles. The molecule has 12 heavy (non-hydrogen) atoms. The summed E-state index contributed by atoms with van der Waals surface area (Å²) in [6.45, 7) is 6.13. The fourth-order valence-corrected chi connectivity index (χ4v) is 1.69. The van der Waals surface area contributed by atoms with E-state index >= 15 is 0 Å². The van der Waals surface area contributed by atoms with Gasteiger partial charge < -0.3 is 15.4 Å². The zero-order chi connectivity index (χ0) is 8.81. The molecule has 0 spiro atoms.